The Labute approximate surface area is 105 Å². The van der Waals surface area contributed by atoms with Crippen LogP contribution < -0.4 is 5.73 Å². The van der Waals surface area contributed by atoms with E-state index in [1.807, 2.05) is 0 Å². The average Bonchev–Trinajstić information content (AvgIpc) is 2.54. The number of rotatable bonds is 3. The van der Waals surface area contributed by atoms with Crippen molar-refractivity contribution in [3.8, 4) is 0 Å². The molecule has 2 aromatic rings. The summed E-state index contributed by atoms with van der Waals surface area (Å²) < 4.78 is 3.43. The van der Waals surface area contributed by atoms with Gasteiger partial charge < -0.3 is 10.3 Å². The van der Waals surface area contributed by atoms with Crippen LogP contribution in [0.2, 0.25) is 0 Å². The molecule has 0 saturated carbocycles. The number of nitrogens with zero attached hydrogens (tertiary/aromatic N) is 1. The first-order valence-corrected chi connectivity index (χ1v) is 6.44. The van der Waals surface area contributed by atoms with Crippen LogP contribution >= 0.6 is 15.9 Å². The monoisotopic (exact) mass is 280 g/mol. The highest BCUT2D eigenvalue weighted by molar-refractivity contribution is 9.10. The molecule has 0 atom stereocenters. The van der Waals surface area contributed by atoms with Gasteiger partial charge in [0.2, 0.25) is 0 Å². The second kappa shape index (κ2) is 4.60. The average molecular weight is 281 g/mol. The molecule has 2 N–H and O–H groups in total. The topological polar surface area (TPSA) is 30.9 Å². The molecule has 0 aliphatic carbocycles. The fourth-order valence-corrected chi connectivity index (χ4v) is 2.92. The van der Waals surface area contributed by atoms with Gasteiger partial charge in [-0.1, -0.05) is 13.0 Å². The van der Waals surface area contributed by atoms with Crippen molar-refractivity contribution in [2.75, 3.05) is 6.54 Å². The van der Waals surface area contributed by atoms with Gasteiger partial charge in [0.05, 0.1) is 0 Å². The zero-order chi connectivity index (χ0) is 11.7. The first kappa shape index (κ1) is 11.7. The molecule has 1 heterocycles. The minimum Gasteiger partial charge on any atom is -0.346 e. The van der Waals surface area contributed by atoms with Crippen molar-refractivity contribution >= 4 is 26.8 Å². The SMILES string of the molecule is CCc1ccc2c(c1)c(Br)c(CCN)n2C. The summed E-state index contributed by atoms with van der Waals surface area (Å²) in [4.78, 5) is 0. The summed E-state index contributed by atoms with van der Waals surface area (Å²) in [6, 6.07) is 6.65. The summed E-state index contributed by atoms with van der Waals surface area (Å²) in [7, 11) is 2.10. The standard InChI is InChI=1S/C13H17BrN2/c1-3-9-4-5-11-10(8-9)13(14)12(6-7-15)16(11)2/h4-5,8H,3,6-7,15H2,1-2H3. The molecule has 2 nitrogen and oxygen atoms in total. The van der Waals surface area contributed by atoms with Crippen LogP contribution in [0.5, 0.6) is 0 Å². The van der Waals surface area contributed by atoms with Gasteiger partial charge in [0.1, 0.15) is 0 Å². The van der Waals surface area contributed by atoms with E-state index in [0.29, 0.717) is 6.54 Å². The first-order valence-electron chi connectivity index (χ1n) is 5.64. The highest BCUT2D eigenvalue weighted by atomic mass is 79.9. The summed E-state index contributed by atoms with van der Waals surface area (Å²) in [5.41, 5.74) is 9.57. The van der Waals surface area contributed by atoms with Crippen LogP contribution in [0, 0.1) is 0 Å². The molecule has 0 unspecified atom stereocenters. The van der Waals surface area contributed by atoms with Crippen LogP contribution in [0.4, 0.5) is 0 Å². The van der Waals surface area contributed by atoms with Crippen molar-refractivity contribution in [3.63, 3.8) is 0 Å². The fraction of sp³-hybridized carbons (Fsp3) is 0.385. The van der Waals surface area contributed by atoms with Crippen molar-refractivity contribution in [2.24, 2.45) is 12.8 Å². The maximum Gasteiger partial charge on any atom is 0.0491 e. The third-order valence-corrected chi connectivity index (χ3v) is 3.99. The highest BCUT2D eigenvalue weighted by Gasteiger charge is 2.12. The molecule has 0 saturated heterocycles. The third-order valence-electron chi connectivity index (χ3n) is 3.11. The van der Waals surface area contributed by atoms with Gasteiger partial charge in [0.15, 0.2) is 0 Å². The van der Waals surface area contributed by atoms with Crippen molar-refractivity contribution < 1.29 is 0 Å². The molecular weight excluding hydrogens is 264 g/mol. The molecule has 1 aromatic carbocycles. The van der Waals surface area contributed by atoms with Gasteiger partial charge in [-0.05, 0) is 46.6 Å². The van der Waals surface area contributed by atoms with Crippen LogP contribution in [-0.4, -0.2) is 11.1 Å². The van der Waals surface area contributed by atoms with Crippen molar-refractivity contribution in [1.82, 2.24) is 4.57 Å². The van der Waals surface area contributed by atoms with Gasteiger partial charge >= 0.3 is 0 Å². The minimum absolute atomic E-state index is 0.684. The molecule has 0 spiro atoms. The number of hydrogen-bond acceptors (Lipinski definition) is 1. The molecule has 0 amide bonds. The van der Waals surface area contributed by atoms with Crippen LogP contribution in [0.25, 0.3) is 10.9 Å². The number of fused-ring (bicyclic) bond motifs is 1. The fourth-order valence-electron chi connectivity index (χ4n) is 2.13. The lowest BCUT2D eigenvalue weighted by Crippen LogP contribution is -2.06. The Balaban J connectivity index is 2.67. The minimum atomic E-state index is 0.684. The van der Waals surface area contributed by atoms with Crippen LogP contribution in [0.1, 0.15) is 18.2 Å². The van der Waals surface area contributed by atoms with Crippen molar-refractivity contribution in [2.45, 2.75) is 19.8 Å². The van der Waals surface area contributed by atoms with Gasteiger partial charge in [-0.15, -0.1) is 0 Å². The molecule has 16 heavy (non-hydrogen) atoms. The summed E-state index contributed by atoms with van der Waals surface area (Å²) in [6.07, 6.45) is 1.98. The third kappa shape index (κ3) is 1.78. The predicted molar refractivity (Wildman–Crippen MR) is 72.8 cm³/mol. The van der Waals surface area contributed by atoms with Gasteiger partial charge in [-0.2, -0.15) is 0 Å². The second-order valence-electron chi connectivity index (χ2n) is 4.06. The Morgan fingerprint density at radius 2 is 2.12 bits per heavy atom. The van der Waals surface area contributed by atoms with Crippen molar-refractivity contribution in [1.29, 1.82) is 0 Å². The molecule has 0 bridgehead atoms. The van der Waals surface area contributed by atoms with Crippen molar-refractivity contribution in [3.05, 3.63) is 33.9 Å². The lowest BCUT2D eigenvalue weighted by molar-refractivity contribution is 0.823. The normalized spacial score (nSPS) is 11.2. The number of nitrogens with two attached hydrogens (primary N) is 1. The first-order chi connectivity index (χ1) is 7.69. The Morgan fingerprint density at radius 3 is 2.75 bits per heavy atom. The van der Waals surface area contributed by atoms with Gasteiger partial charge in [-0.25, -0.2) is 0 Å². The van der Waals surface area contributed by atoms with E-state index in [0.717, 1.165) is 12.8 Å². The van der Waals surface area contributed by atoms with E-state index < -0.39 is 0 Å². The Hall–Kier alpha value is -0.800. The quantitative estimate of drug-likeness (QED) is 0.921. The summed E-state index contributed by atoms with van der Waals surface area (Å²) in [6.45, 7) is 2.86. The highest BCUT2D eigenvalue weighted by Crippen LogP contribution is 2.31. The number of benzene rings is 1. The molecule has 86 valence electrons. The van der Waals surface area contributed by atoms with Gasteiger partial charge in [-0.3, -0.25) is 0 Å². The van der Waals surface area contributed by atoms with E-state index in [1.165, 1.54) is 26.6 Å². The molecular formula is C13H17BrN2. The number of aromatic nitrogens is 1. The molecule has 0 fully saturated rings. The molecule has 3 heteroatoms. The molecule has 1 aromatic heterocycles. The Morgan fingerprint density at radius 1 is 1.38 bits per heavy atom. The largest absolute Gasteiger partial charge is 0.346 e. The zero-order valence-corrected chi connectivity index (χ0v) is 11.3. The van der Waals surface area contributed by atoms with E-state index in [2.05, 4.69) is 52.7 Å². The molecule has 0 radical (unpaired) electrons. The lowest BCUT2D eigenvalue weighted by atomic mass is 10.1. The zero-order valence-electron chi connectivity index (χ0n) is 9.76. The van der Waals surface area contributed by atoms with E-state index in [9.17, 15) is 0 Å². The van der Waals surface area contributed by atoms with Crippen LogP contribution in [0.15, 0.2) is 22.7 Å². The lowest BCUT2D eigenvalue weighted by Gasteiger charge is -2.02. The van der Waals surface area contributed by atoms with E-state index in [-0.39, 0.29) is 0 Å². The van der Waals surface area contributed by atoms with Gasteiger partial charge in [0.25, 0.3) is 0 Å². The number of hydrogen-bond donors (Lipinski definition) is 1. The molecule has 0 aliphatic heterocycles. The Kier molecular flexibility index (Phi) is 3.36. The summed E-state index contributed by atoms with van der Waals surface area (Å²) in [5, 5.41) is 1.30. The predicted octanol–water partition coefficient (Wildman–Crippen LogP) is 3.00. The van der Waals surface area contributed by atoms with Crippen LogP contribution in [0.3, 0.4) is 0 Å². The summed E-state index contributed by atoms with van der Waals surface area (Å²) in [5.74, 6) is 0. The molecule has 0 aliphatic rings. The maximum atomic E-state index is 5.64. The second-order valence-corrected chi connectivity index (χ2v) is 4.86. The van der Waals surface area contributed by atoms with E-state index in [4.69, 9.17) is 5.73 Å². The van der Waals surface area contributed by atoms with Gasteiger partial charge in [0, 0.05) is 34.5 Å². The van der Waals surface area contributed by atoms with Crippen LogP contribution in [-0.2, 0) is 19.9 Å². The number of aryl methyl sites for hydroxylation is 2. The molecule has 2 rings (SSSR count). The van der Waals surface area contributed by atoms with E-state index >= 15 is 0 Å². The number of halogens is 1. The smallest absolute Gasteiger partial charge is 0.0491 e. The maximum absolute atomic E-state index is 5.64. The Bertz CT molecular complexity index is 514. The summed E-state index contributed by atoms with van der Waals surface area (Å²) >= 11 is 3.69. The van der Waals surface area contributed by atoms with E-state index in [1.54, 1.807) is 0 Å².